The predicted octanol–water partition coefficient (Wildman–Crippen LogP) is 3.37. The fourth-order valence-corrected chi connectivity index (χ4v) is 3.72. The second-order valence-corrected chi connectivity index (χ2v) is 7.15. The molecule has 1 saturated heterocycles. The Morgan fingerprint density at radius 1 is 1.26 bits per heavy atom. The molecule has 1 atom stereocenters. The van der Waals surface area contributed by atoms with Gasteiger partial charge in [-0.25, -0.2) is 9.97 Å². The molecule has 0 saturated carbocycles. The van der Waals surface area contributed by atoms with E-state index in [1.165, 1.54) is 0 Å². The van der Waals surface area contributed by atoms with Crippen LogP contribution in [0.2, 0.25) is 0 Å². The first-order valence-corrected chi connectivity index (χ1v) is 9.41. The molecule has 140 valence electrons. The molecule has 4 rings (SSSR count). The number of rotatable bonds is 4. The molecule has 6 nitrogen and oxygen atoms in total. The van der Waals surface area contributed by atoms with Crippen molar-refractivity contribution in [1.82, 2.24) is 15.3 Å². The number of aromatic nitrogens is 2. The Balaban J connectivity index is 1.49. The van der Waals surface area contributed by atoms with Gasteiger partial charge in [-0.1, -0.05) is 30.3 Å². The van der Waals surface area contributed by atoms with E-state index in [1.54, 1.807) is 6.33 Å². The van der Waals surface area contributed by atoms with Gasteiger partial charge < -0.3 is 14.6 Å². The summed E-state index contributed by atoms with van der Waals surface area (Å²) in [4.78, 5) is 23.7. The number of anilines is 1. The number of nitrogens with one attached hydrogen (secondary N) is 1. The zero-order chi connectivity index (χ0) is 18.8. The van der Waals surface area contributed by atoms with Crippen molar-refractivity contribution in [1.29, 1.82) is 0 Å². The van der Waals surface area contributed by atoms with Crippen molar-refractivity contribution in [2.75, 3.05) is 18.0 Å². The molecule has 1 N–H and O–H groups in total. The van der Waals surface area contributed by atoms with Gasteiger partial charge in [0.1, 0.15) is 17.9 Å². The van der Waals surface area contributed by atoms with Crippen LogP contribution < -0.4 is 10.2 Å². The van der Waals surface area contributed by atoms with Crippen LogP contribution in [0.3, 0.4) is 0 Å². The highest BCUT2D eigenvalue weighted by molar-refractivity contribution is 5.90. The second-order valence-electron chi connectivity index (χ2n) is 7.15. The number of furan rings is 1. The van der Waals surface area contributed by atoms with E-state index < -0.39 is 0 Å². The molecule has 2 aromatic heterocycles. The third-order valence-electron chi connectivity index (χ3n) is 5.35. The van der Waals surface area contributed by atoms with Crippen LogP contribution in [-0.4, -0.2) is 29.0 Å². The number of amides is 1. The highest BCUT2D eigenvalue weighted by Gasteiger charge is 2.28. The minimum absolute atomic E-state index is 0.0409. The summed E-state index contributed by atoms with van der Waals surface area (Å²) >= 11 is 0. The Morgan fingerprint density at radius 3 is 2.89 bits per heavy atom. The molecule has 6 heteroatoms. The van der Waals surface area contributed by atoms with Crippen molar-refractivity contribution in [2.45, 2.75) is 33.2 Å². The predicted molar refractivity (Wildman–Crippen MR) is 105 cm³/mol. The molecule has 1 amide bonds. The lowest BCUT2D eigenvalue weighted by Gasteiger charge is -2.33. The molecule has 27 heavy (non-hydrogen) atoms. The summed E-state index contributed by atoms with van der Waals surface area (Å²) in [6, 6.07) is 10.00. The number of fused-ring (bicyclic) bond motifs is 1. The van der Waals surface area contributed by atoms with Crippen LogP contribution in [0.1, 0.15) is 29.7 Å². The Morgan fingerprint density at radius 2 is 2.07 bits per heavy atom. The quantitative estimate of drug-likeness (QED) is 0.768. The van der Waals surface area contributed by atoms with Gasteiger partial charge in [0.15, 0.2) is 0 Å². The van der Waals surface area contributed by atoms with Crippen molar-refractivity contribution in [3.05, 3.63) is 53.5 Å². The van der Waals surface area contributed by atoms with Crippen molar-refractivity contribution < 1.29 is 9.21 Å². The van der Waals surface area contributed by atoms with E-state index in [-0.39, 0.29) is 11.8 Å². The minimum atomic E-state index is -0.0409. The molecule has 0 spiro atoms. The number of benzene rings is 1. The molecule has 0 aliphatic carbocycles. The van der Waals surface area contributed by atoms with E-state index in [0.717, 1.165) is 47.5 Å². The van der Waals surface area contributed by atoms with Crippen molar-refractivity contribution in [2.24, 2.45) is 5.92 Å². The van der Waals surface area contributed by atoms with Gasteiger partial charge in [-0.2, -0.15) is 0 Å². The molecule has 1 aromatic carbocycles. The molecule has 0 radical (unpaired) electrons. The summed E-state index contributed by atoms with van der Waals surface area (Å²) in [7, 11) is 0. The highest BCUT2D eigenvalue weighted by atomic mass is 16.3. The summed E-state index contributed by atoms with van der Waals surface area (Å²) in [5.74, 6) is 1.80. The summed E-state index contributed by atoms with van der Waals surface area (Å²) in [6.07, 6.45) is 3.40. The summed E-state index contributed by atoms with van der Waals surface area (Å²) in [5.41, 5.74) is 2.79. The molecular weight excluding hydrogens is 340 g/mol. The lowest BCUT2D eigenvalue weighted by molar-refractivity contribution is -0.125. The van der Waals surface area contributed by atoms with E-state index in [0.29, 0.717) is 18.8 Å². The zero-order valence-electron chi connectivity index (χ0n) is 15.7. The number of hydrogen-bond donors (Lipinski definition) is 1. The number of hydrogen-bond acceptors (Lipinski definition) is 5. The molecule has 1 aliphatic heterocycles. The lowest BCUT2D eigenvalue weighted by Crippen LogP contribution is -2.43. The normalized spacial score (nSPS) is 17.3. The van der Waals surface area contributed by atoms with E-state index in [9.17, 15) is 4.79 Å². The molecule has 0 bridgehead atoms. The summed E-state index contributed by atoms with van der Waals surface area (Å²) < 4.78 is 5.73. The Bertz CT molecular complexity index is 951. The average Bonchev–Trinajstić information content (AvgIpc) is 3.01. The third-order valence-corrected chi connectivity index (χ3v) is 5.35. The van der Waals surface area contributed by atoms with E-state index in [4.69, 9.17) is 4.42 Å². The Labute approximate surface area is 158 Å². The van der Waals surface area contributed by atoms with Crippen molar-refractivity contribution in [3.63, 3.8) is 0 Å². The number of aryl methyl sites for hydroxylation is 2. The topological polar surface area (TPSA) is 71.3 Å². The average molecular weight is 364 g/mol. The molecule has 3 aromatic rings. The maximum atomic E-state index is 12.7. The molecule has 1 unspecified atom stereocenters. The van der Waals surface area contributed by atoms with Crippen LogP contribution in [0, 0.1) is 19.8 Å². The van der Waals surface area contributed by atoms with Crippen LogP contribution in [-0.2, 0) is 11.3 Å². The van der Waals surface area contributed by atoms with E-state index in [2.05, 4.69) is 20.2 Å². The first-order chi connectivity index (χ1) is 13.1. The first kappa shape index (κ1) is 17.5. The smallest absolute Gasteiger partial charge is 0.231 e. The molecule has 1 fully saturated rings. The number of nitrogens with zero attached hydrogens (tertiary/aromatic N) is 3. The van der Waals surface area contributed by atoms with Gasteiger partial charge >= 0.3 is 0 Å². The first-order valence-electron chi connectivity index (χ1n) is 9.41. The van der Waals surface area contributed by atoms with Crippen molar-refractivity contribution >= 4 is 22.8 Å². The Kier molecular flexibility index (Phi) is 4.79. The van der Waals surface area contributed by atoms with Gasteiger partial charge in [0.05, 0.1) is 11.3 Å². The van der Waals surface area contributed by atoms with Gasteiger partial charge in [-0.05, 0) is 32.3 Å². The number of carbonyl (C=O) groups excluding carboxylic acids is 1. The maximum absolute atomic E-state index is 12.7. The van der Waals surface area contributed by atoms with Crippen LogP contribution in [0.5, 0.6) is 0 Å². The molecule has 3 heterocycles. The minimum Gasteiger partial charge on any atom is -0.443 e. The van der Waals surface area contributed by atoms with Gasteiger partial charge in [0, 0.05) is 25.2 Å². The fourth-order valence-electron chi connectivity index (χ4n) is 3.72. The summed E-state index contributed by atoms with van der Waals surface area (Å²) in [6.45, 7) is 6.08. The molecule has 1 aliphatic rings. The number of piperidine rings is 1. The van der Waals surface area contributed by atoms with Crippen LogP contribution in [0.4, 0.5) is 5.82 Å². The Hall–Kier alpha value is -2.89. The third kappa shape index (κ3) is 3.52. The lowest BCUT2D eigenvalue weighted by atomic mass is 9.96. The standard InChI is InChI=1S/C21H24N4O2/c1-14-15(2)27-21-18(14)19(23-13-24-21)25-10-6-9-17(12-25)20(26)22-11-16-7-4-3-5-8-16/h3-5,7-8,13,17H,6,9-12H2,1-2H3,(H,22,26). The number of carbonyl (C=O) groups is 1. The fraction of sp³-hybridized carbons (Fsp3) is 0.381. The SMILES string of the molecule is Cc1oc2ncnc(N3CCCC(C(=O)NCc4ccccc4)C3)c2c1C. The zero-order valence-corrected chi connectivity index (χ0v) is 15.7. The van der Waals surface area contributed by atoms with E-state index >= 15 is 0 Å². The maximum Gasteiger partial charge on any atom is 0.231 e. The highest BCUT2D eigenvalue weighted by Crippen LogP contribution is 2.32. The second kappa shape index (κ2) is 7.39. The van der Waals surface area contributed by atoms with Gasteiger partial charge in [-0.3, -0.25) is 4.79 Å². The monoisotopic (exact) mass is 364 g/mol. The summed E-state index contributed by atoms with van der Waals surface area (Å²) in [5, 5.41) is 4.04. The molecular formula is C21H24N4O2. The van der Waals surface area contributed by atoms with Crippen LogP contribution in [0.15, 0.2) is 41.1 Å². The van der Waals surface area contributed by atoms with Crippen LogP contribution in [0.25, 0.3) is 11.1 Å². The van der Waals surface area contributed by atoms with Gasteiger partial charge in [-0.15, -0.1) is 0 Å². The van der Waals surface area contributed by atoms with Crippen molar-refractivity contribution in [3.8, 4) is 0 Å². The van der Waals surface area contributed by atoms with Crippen LogP contribution >= 0.6 is 0 Å². The van der Waals surface area contributed by atoms with E-state index in [1.807, 2.05) is 44.2 Å². The largest absolute Gasteiger partial charge is 0.443 e. The van der Waals surface area contributed by atoms with Gasteiger partial charge in [0.25, 0.3) is 0 Å². The van der Waals surface area contributed by atoms with Gasteiger partial charge in [0.2, 0.25) is 11.6 Å².